The van der Waals surface area contributed by atoms with Crippen LogP contribution in [0.4, 0.5) is 0 Å². The minimum atomic E-state index is -3.51. The molecule has 1 aromatic rings. The summed E-state index contributed by atoms with van der Waals surface area (Å²) in [5.74, 6) is 0.628. The van der Waals surface area contributed by atoms with Gasteiger partial charge in [0, 0.05) is 38.1 Å². The molecule has 0 unspecified atom stereocenters. The molecule has 22 heavy (non-hydrogen) atoms. The van der Waals surface area contributed by atoms with Gasteiger partial charge in [-0.2, -0.15) is 0 Å². The molecule has 0 radical (unpaired) electrons. The highest BCUT2D eigenvalue weighted by molar-refractivity contribution is 14.0. The van der Waals surface area contributed by atoms with E-state index in [4.69, 9.17) is 0 Å². The molecule has 0 amide bonds. The Labute approximate surface area is 149 Å². The Morgan fingerprint density at radius 2 is 2.00 bits per heavy atom. The molecule has 0 fully saturated rings. The number of nitrogens with one attached hydrogen (secondary N) is 3. The first-order chi connectivity index (χ1) is 9.74. The topological polar surface area (TPSA) is 95.5 Å². The van der Waals surface area contributed by atoms with E-state index in [1.165, 1.54) is 18.5 Å². The number of nitrogens with zero attached hydrogens (tertiary/aromatic N) is 2. The number of sulfonamides is 1. The van der Waals surface area contributed by atoms with E-state index in [1.807, 2.05) is 20.8 Å². The third-order valence-corrected chi connectivity index (χ3v) is 3.82. The quantitative estimate of drug-likeness (QED) is 0.274. The number of hydrogen-bond donors (Lipinski definition) is 3. The van der Waals surface area contributed by atoms with Crippen molar-refractivity contribution >= 4 is 40.0 Å². The third-order valence-electron chi connectivity index (χ3n) is 2.37. The maximum atomic E-state index is 12.0. The van der Waals surface area contributed by atoms with Crippen molar-refractivity contribution in [2.45, 2.75) is 31.2 Å². The van der Waals surface area contributed by atoms with Crippen LogP contribution in [0.1, 0.15) is 20.8 Å². The average Bonchev–Trinajstić information content (AvgIpc) is 2.42. The van der Waals surface area contributed by atoms with Gasteiger partial charge in [-0.3, -0.25) is 9.98 Å². The SMILES string of the molecule is CN=C(NCCNS(=O)(=O)c1cccnc1)NC(C)(C)C.I. The minimum Gasteiger partial charge on any atom is -0.355 e. The summed E-state index contributed by atoms with van der Waals surface area (Å²) in [6, 6.07) is 3.09. The van der Waals surface area contributed by atoms with Gasteiger partial charge in [-0.1, -0.05) is 0 Å². The summed E-state index contributed by atoms with van der Waals surface area (Å²) in [5.41, 5.74) is -0.114. The first kappa shape index (κ1) is 21.1. The van der Waals surface area contributed by atoms with Crippen LogP contribution in [0.15, 0.2) is 34.4 Å². The summed E-state index contributed by atoms with van der Waals surface area (Å²) in [6.45, 7) is 6.73. The lowest BCUT2D eigenvalue weighted by Crippen LogP contribution is -2.49. The van der Waals surface area contributed by atoms with Crippen LogP contribution in [0.2, 0.25) is 0 Å². The Hall–Kier alpha value is -0.940. The third kappa shape index (κ3) is 7.90. The van der Waals surface area contributed by atoms with E-state index in [9.17, 15) is 8.42 Å². The lowest BCUT2D eigenvalue weighted by atomic mass is 10.1. The summed E-state index contributed by atoms with van der Waals surface area (Å²) in [7, 11) is -1.85. The summed E-state index contributed by atoms with van der Waals surface area (Å²) < 4.78 is 26.4. The van der Waals surface area contributed by atoms with Crippen molar-refractivity contribution in [1.29, 1.82) is 0 Å². The molecule has 1 rings (SSSR count). The van der Waals surface area contributed by atoms with E-state index in [2.05, 4.69) is 25.3 Å². The maximum absolute atomic E-state index is 12.0. The number of guanidine groups is 1. The van der Waals surface area contributed by atoms with Gasteiger partial charge >= 0.3 is 0 Å². The van der Waals surface area contributed by atoms with E-state index >= 15 is 0 Å². The largest absolute Gasteiger partial charge is 0.355 e. The fourth-order valence-electron chi connectivity index (χ4n) is 1.49. The van der Waals surface area contributed by atoms with Crippen molar-refractivity contribution in [3.05, 3.63) is 24.5 Å². The normalized spacial score (nSPS) is 12.5. The van der Waals surface area contributed by atoms with Gasteiger partial charge in [0.1, 0.15) is 4.90 Å². The van der Waals surface area contributed by atoms with Gasteiger partial charge in [0.25, 0.3) is 0 Å². The molecule has 0 aliphatic heterocycles. The number of halogens is 1. The van der Waals surface area contributed by atoms with Crippen molar-refractivity contribution in [3.63, 3.8) is 0 Å². The summed E-state index contributed by atoms with van der Waals surface area (Å²) in [4.78, 5) is 8.02. The van der Waals surface area contributed by atoms with Gasteiger partial charge in [-0.05, 0) is 32.9 Å². The minimum absolute atomic E-state index is 0. The first-order valence-electron chi connectivity index (χ1n) is 6.63. The summed E-state index contributed by atoms with van der Waals surface area (Å²) in [6.07, 6.45) is 2.85. The van der Waals surface area contributed by atoms with Gasteiger partial charge in [0.15, 0.2) is 5.96 Å². The van der Waals surface area contributed by atoms with E-state index < -0.39 is 10.0 Å². The van der Waals surface area contributed by atoms with Crippen molar-refractivity contribution < 1.29 is 8.42 Å². The number of aliphatic imine (C=N–C) groups is 1. The van der Waals surface area contributed by atoms with E-state index in [1.54, 1.807) is 13.1 Å². The van der Waals surface area contributed by atoms with Crippen LogP contribution >= 0.6 is 24.0 Å². The molecule has 9 heteroatoms. The van der Waals surface area contributed by atoms with Crippen LogP contribution in [0, 0.1) is 0 Å². The Morgan fingerprint density at radius 3 is 2.50 bits per heavy atom. The number of pyridine rings is 1. The van der Waals surface area contributed by atoms with Crippen LogP contribution in [0.3, 0.4) is 0 Å². The molecular weight excluding hydrogens is 417 g/mol. The summed E-state index contributed by atoms with van der Waals surface area (Å²) >= 11 is 0. The molecule has 0 aliphatic rings. The molecule has 126 valence electrons. The highest BCUT2D eigenvalue weighted by Crippen LogP contribution is 2.04. The zero-order chi connectivity index (χ0) is 15.9. The Balaban J connectivity index is 0.00000441. The molecule has 1 heterocycles. The molecule has 7 nitrogen and oxygen atoms in total. The molecule has 0 aromatic carbocycles. The van der Waals surface area contributed by atoms with Crippen molar-refractivity contribution in [3.8, 4) is 0 Å². The fourth-order valence-corrected chi connectivity index (χ4v) is 2.48. The average molecular weight is 441 g/mol. The zero-order valence-electron chi connectivity index (χ0n) is 13.3. The summed E-state index contributed by atoms with van der Waals surface area (Å²) in [5, 5.41) is 6.23. The molecule has 0 aliphatic carbocycles. The molecule has 0 saturated carbocycles. The van der Waals surface area contributed by atoms with Crippen molar-refractivity contribution in [2.75, 3.05) is 20.1 Å². The van der Waals surface area contributed by atoms with Crippen LogP contribution in [0.25, 0.3) is 0 Å². The first-order valence-corrected chi connectivity index (χ1v) is 8.11. The van der Waals surface area contributed by atoms with Crippen LogP contribution in [0.5, 0.6) is 0 Å². The molecule has 0 atom stereocenters. The molecular formula is C13H24IN5O2S. The number of rotatable bonds is 5. The van der Waals surface area contributed by atoms with Gasteiger partial charge in [-0.25, -0.2) is 13.1 Å². The molecule has 0 spiro atoms. The Morgan fingerprint density at radius 1 is 1.32 bits per heavy atom. The van der Waals surface area contributed by atoms with Crippen LogP contribution < -0.4 is 15.4 Å². The molecule has 1 aromatic heterocycles. The van der Waals surface area contributed by atoms with Crippen LogP contribution in [-0.2, 0) is 10.0 Å². The van der Waals surface area contributed by atoms with E-state index in [0.717, 1.165) is 0 Å². The lowest BCUT2D eigenvalue weighted by molar-refractivity contribution is 0.501. The predicted molar refractivity (Wildman–Crippen MR) is 99.1 cm³/mol. The second-order valence-electron chi connectivity index (χ2n) is 5.46. The van der Waals surface area contributed by atoms with Gasteiger partial charge in [-0.15, -0.1) is 24.0 Å². The standard InChI is InChI=1S/C13H23N5O2S.HI/c1-13(2,3)18-12(14-4)16-8-9-17-21(19,20)11-6-5-7-15-10-11;/h5-7,10,17H,8-9H2,1-4H3,(H2,14,16,18);1H. The molecule has 0 bridgehead atoms. The zero-order valence-corrected chi connectivity index (χ0v) is 16.4. The predicted octanol–water partition coefficient (Wildman–Crippen LogP) is 0.941. The molecule has 0 saturated heterocycles. The highest BCUT2D eigenvalue weighted by Gasteiger charge is 2.14. The van der Waals surface area contributed by atoms with Crippen LogP contribution in [-0.4, -0.2) is 45.0 Å². The van der Waals surface area contributed by atoms with Gasteiger partial charge < -0.3 is 10.6 Å². The van der Waals surface area contributed by atoms with Gasteiger partial charge in [0.2, 0.25) is 10.0 Å². The second-order valence-corrected chi connectivity index (χ2v) is 7.23. The van der Waals surface area contributed by atoms with E-state index in [-0.39, 0.29) is 41.0 Å². The monoisotopic (exact) mass is 441 g/mol. The van der Waals surface area contributed by atoms with E-state index in [0.29, 0.717) is 12.5 Å². The fraction of sp³-hybridized carbons (Fsp3) is 0.538. The van der Waals surface area contributed by atoms with Crippen molar-refractivity contribution in [2.24, 2.45) is 4.99 Å². The smallest absolute Gasteiger partial charge is 0.242 e. The molecule has 3 N–H and O–H groups in total. The second kappa shape index (κ2) is 9.26. The van der Waals surface area contributed by atoms with Gasteiger partial charge in [0.05, 0.1) is 0 Å². The lowest BCUT2D eigenvalue weighted by Gasteiger charge is -2.23. The number of hydrogen-bond acceptors (Lipinski definition) is 4. The number of aromatic nitrogens is 1. The Bertz CT molecular complexity index is 570. The highest BCUT2D eigenvalue weighted by atomic mass is 127. The Kier molecular flexibility index (Phi) is 8.86. The maximum Gasteiger partial charge on any atom is 0.242 e. The van der Waals surface area contributed by atoms with Crippen molar-refractivity contribution in [1.82, 2.24) is 20.3 Å².